The maximum Gasteiger partial charge on any atom is 0.416 e. The van der Waals surface area contributed by atoms with Gasteiger partial charge >= 0.3 is 6.18 Å². The van der Waals surface area contributed by atoms with Crippen LogP contribution in [0, 0.1) is 6.92 Å². The van der Waals surface area contributed by atoms with E-state index in [2.05, 4.69) is 50.8 Å². The van der Waals surface area contributed by atoms with Crippen molar-refractivity contribution in [2.45, 2.75) is 52.3 Å². The van der Waals surface area contributed by atoms with Crippen LogP contribution >= 0.6 is 11.5 Å². The van der Waals surface area contributed by atoms with Gasteiger partial charge in [0.25, 0.3) is 0 Å². The molecular weight excluding hydrogens is 461 g/mol. The highest BCUT2D eigenvalue weighted by atomic mass is 32.1. The predicted octanol–water partition coefficient (Wildman–Crippen LogP) is 5.77. The topological polar surface area (TPSA) is 58.1 Å². The molecule has 3 rings (SSSR count). The Balaban J connectivity index is 1.55. The van der Waals surface area contributed by atoms with E-state index in [1.54, 1.807) is 6.07 Å². The van der Waals surface area contributed by atoms with E-state index in [-0.39, 0.29) is 18.9 Å². The summed E-state index contributed by atoms with van der Waals surface area (Å²) in [6, 6.07) is 13.3. The van der Waals surface area contributed by atoms with Crippen LogP contribution in [0.4, 0.5) is 18.3 Å². The number of hydrogen-bond donors (Lipinski definition) is 1. The lowest BCUT2D eigenvalue weighted by atomic mass is 10.1. The first-order chi connectivity index (χ1) is 16.2. The number of nitrogens with zero attached hydrogens (tertiary/aromatic N) is 3. The molecule has 34 heavy (non-hydrogen) atoms. The Kier molecular flexibility index (Phi) is 9.04. The maximum absolute atomic E-state index is 12.9. The molecule has 0 saturated carbocycles. The number of carbonyl (C=O) groups excluding carboxylic acids is 1. The quantitative estimate of drug-likeness (QED) is 0.371. The molecule has 1 aromatic heterocycles. The zero-order chi connectivity index (χ0) is 24.6. The molecule has 0 aliphatic carbocycles. The van der Waals surface area contributed by atoms with Gasteiger partial charge in [-0.3, -0.25) is 4.79 Å². The van der Waals surface area contributed by atoms with Gasteiger partial charge in [0, 0.05) is 44.0 Å². The number of halogens is 3. The van der Waals surface area contributed by atoms with E-state index in [9.17, 15) is 18.0 Å². The second kappa shape index (κ2) is 12.0. The number of aryl methyl sites for hydroxylation is 1. The summed E-state index contributed by atoms with van der Waals surface area (Å²) in [6.45, 7) is 5.43. The second-order valence-electron chi connectivity index (χ2n) is 8.22. The van der Waals surface area contributed by atoms with Gasteiger partial charge in [-0.2, -0.15) is 17.5 Å². The molecule has 9 heteroatoms. The largest absolute Gasteiger partial charge is 0.416 e. The summed E-state index contributed by atoms with van der Waals surface area (Å²) in [5.74, 6) is 0.530. The van der Waals surface area contributed by atoms with Gasteiger partial charge in [0.15, 0.2) is 0 Å². The third kappa shape index (κ3) is 7.83. The van der Waals surface area contributed by atoms with Crippen molar-refractivity contribution in [2.24, 2.45) is 0 Å². The molecule has 2 aromatic carbocycles. The Labute approximate surface area is 202 Å². The third-order valence-corrected chi connectivity index (χ3v) is 6.16. The smallest absolute Gasteiger partial charge is 0.352 e. The molecular formula is C25H29F3N4OS. The average Bonchev–Trinajstić information content (AvgIpc) is 3.27. The lowest BCUT2D eigenvalue weighted by molar-refractivity contribution is -0.137. The van der Waals surface area contributed by atoms with Crippen molar-refractivity contribution in [1.82, 2.24) is 14.7 Å². The van der Waals surface area contributed by atoms with E-state index < -0.39 is 11.7 Å². The van der Waals surface area contributed by atoms with E-state index in [1.807, 2.05) is 6.92 Å². The van der Waals surface area contributed by atoms with E-state index in [1.165, 1.54) is 23.2 Å². The minimum Gasteiger partial charge on any atom is -0.352 e. The highest BCUT2D eigenvalue weighted by molar-refractivity contribution is 7.09. The van der Waals surface area contributed by atoms with E-state index in [4.69, 9.17) is 0 Å². The number of alkyl halides is 3. The van der Waals surface area contributed by atoms with Gasteiger partial charge in [0.2, 0.25) is 11.0 Å². The fourth-order valence-electron chi connectivity index (χ4n) is 3.37. The van der Waals surface area contributed by atoms with Gasteiger partial charge in [-0.1, -0.05) is 55.3 Å². The van der Waals surface area contributed by atoms with Crippen LogP contribution in [0.15, 0.2) is 48.5 Å². The number of carbonyl (C=O) groups is 1. The van der Waals surface area contributed by atoms with Crippen LogP contribution in [0.2, 0.25) is 0 Å². The molecule has 1 heterocycles. The number of benzene rings is 2. The van der Waals surface area contributed by atoms with E-state index in [0.29, 0.717) is 18.5 Å². The fraction of sp³-hybridized carbons (Fsp3) is 0.400. The molecule has 0 aliphatic rings. The SMILES string of the molecule is CCCCN(CCC(=O)NCc1cccc(C(F)(F)F)c1)c1nc(Cc2ccc(C)cc2)ns1. The lowest BCUT2D eigenvalue weighted by Crippen LogP contribution is -2.31. The molecule has 5 nitrogen and oxygen atoms in total. The summed E-state index contributed by atoms with van der Waals surface area (Å²) in [7, 11) is 0. The molecule has 0 fully saturated rings. The molecule has 1 amide bonds. The molecule has 0 radical (unpaired) electrons. The van der Waals surface area contributed by atoms with Gasteiger partial charge in [0.05, 0.1) is 5.56 Å². The monoisotopic (exact) mass is 490 g/mol. The lowest BCUT2D eigenvalue weighted by Gasteiger charge is -2.21. The van der Waals surface area contributed by atoms with Gasteiger partial charge in [-0.25, -0.2) is 4.98 Å². The minimum absolute atomic E-state index is 0.0528. The van der Waals surface area contributed by atoms with Gasteiger partial charge in [0.1, 0.15) is 5.82 Å². The second-order valence-corrected chi connectivity index (χ2v) is 8.95. The number of rotatable bonds is 11. The number of aromatic nitrogens is 2. The molecule has 0 aliphatic heterocycles. The molecule has 0 spiro atoms. The Morgan fingerprint density at radius 2 is 1.85 bits per heavy atom. The van der Waals surface area contributed by atoms with Crippen LogP contribution < -0.4 is 10.2 Å². The van der Waals surface area contributed by atoms with Crippen molar-refractivity contribution in [1.29, 1.82) is 0 Å². The first-order valence-corrected chi connectivity index (χ1v) is 12.1. The molecule has 1 N–H and O–H groups in total. The normalized spacial score (nSPS) is 11.4. The Morgan fingerprint density at radius 3 is 2.56 bits per heavy atom. The predicted molar refractivity (Wildman–Crippen MR) is 129 cm³/mol. The number of unbranched alkanes of at least 4 members (excludes halogenated alkanes) is 1. The van der Waals surface area contributed by atoms with Crippen LogP contribution in [0.1, 0.15) is 54.3 Å². The zero-order valence-electron chi connectivity index (χ0n) is 19.4. The summed E-state index contributed by atoms with van der Waals surface area (Å²) in [5.41, 5.74) is 2.04. The molecule has 3 aromatic rings. The minimum atomic E-state index is -4.40. The van der Waals surface area contributed by atoms with Crippen LogP contribution in [-0.4, -0.2) is 28.4 Å². The molecule has 0 atom stereocenters. The summed E-state index contributed by atoms with van der Waals surface area (Å²) >= 11 is 1.32. The van der Waals surface area contributed by atoms with Crippen LogP contribution in [0.3, 0.4) is 0 Å². The number of hydrogen-bond acceptors (Lipinski definition) is 5. The highest BCUT2D eigenvalue weighted by Gasteiger charge is 2.30. The Bertz CT molecular complexity index is 1070. The summed E-state index contributed by atoms with van der Waals surface area (Å²) in [6.07, 6.45) is -1.57. The Morgan fingerprint density at radius 1 is 1.09 bits per heavy atom. The molecule has 0 unspecified atom stereocenters. The average molecular weight is 491 g/mol. The highest BCUT2D eigenvalue weighted by Crippen LogP contribution is 2.29. The molecule has 0 saturated heterocycles. The van der Waals surface area contributed by atoms with Gasteiger partial charge < -0.3 is 10.2 Å². The number of nitrogens with one attached hydrogen (secondary N) is 1. The Hall–Kier alpha value is -2.94. The van der Waals surface area contributed by atoms with E-state index in [0.717, 1.165) is 48.0 Å². The van der Waals surface area contributed by atoms with Crippen LogP contribution in [-0.2, 0) is 23.9 Å². The van der Waals surface area contributed by atoms with Crippen molar-refractivity contribution < 1.29 is 18.0 Å². The van der Waals surface area contributed by atoms with Crippen molar-refractivity contribution >= 4 is 22.6 Å². The van der Waals surface area contributed by atoms with Crippen LogP contribution in [0.25, 0.3) is 0 Å². The fourth-order valence-corrected chi connectivity index (χ4v) is 4.11. The maximum atomic E-state index is 12.9. The van der Waals surface area contributed by atoms with Crippen molar-refractivity contribution in [3.8, 4) is 0 Å². The van der Waals surface area contributed by atoms with Crippen molar-refractivity contribution in [2.75, 3.05) is 18.0 Å². The first-order valence-electron chi connectivity index (χ1n) is 11.3. The van der Waals surface area contributed by atoms with Crippen molar-refractivity contribution in [3.05, 3.63) is 76.6 Å². The van der Waals surface area contributed by atoms with Gasteiger partial charge in [-0.15, -0.1) is 0 Å². The first kappa shape index (κ1) is 25.7. The third-order valence-electron chi connectivity index (χ3n) is 5.35. The van der Waals surface area contributed by atoms with Crippen LogP contribution in [0.5, 0.6) is 0 Å². The standard InChI is InChI=1S/C25H29F3N4OS/c1-3-4-13-32(24-30-22(31-34-24)16-19-10-8-18(2)9-11-19)14-12-23(33)29-17-20-6-5-7-21(15-20)25(26,27)28/h5-11,15H,3-4,12-14,16-17H2,1-2H3,(H,29,33). The summed E-state index contributed by atoms with van der Waals surface area (Å²) in [4.78, 5) is 19.1. The van der Waals surface area contributed by atoms with Crippen molar-refractivity contribution in [3.63, 3.8) is 0 Å². The zero-order valence-corrected chi connectivity index (χ0v) is 20.2. The summed E-state index contributed by atoms with van der Waals surface area (Å²) < 4.78 is 43.1. The summed E-state index contributed by atoms with van der Waals surface area (Å²) in [5, 5.41) is 3.50. The molecule has 182 valence electrons. The molecule has 0 bridgehead atoms. The number of anilines is 1. The van der Waals surface area contributed by atoms with E-state index >= 15 is 0 Å². The number of amides is 1. The van der Waals surface area contributed by atoms with Gasteiger partial charge in [-0.05, 0) is 36.6 Å².